The van der Waals surface area contributed by atoms with Crippen molar-refractivity contribution in [2.45, 2.75) is 32.9 Å². The van der Waals surface area contributed by atoms with Gasteiger partial charge < -0.3 is 10.1 Å². The first-order valence-corrected chi connectivity index (χ1v) is 7.61. The van der Waals surface area contributed by atoms with Crippen molar-refractivity contribution in [1.29, 1.82) is 0 Å². The number of ether oxygens (including phenoxy) is 1. The molecule has 1 unspecified atom stereocenters. The highest BCUT2D eigenvalue weighted by molar-refractivity contribution is 7.10. The summed E-state index contributed by atoms with van der Waals surface area (Å²) in [5.41, 5.74) is 0.452. The van der Waals surface area contributed by atoms with Gasteiger partial charge >= 0.3 is 5.69 Å². The van der Waals surface area contributed by atoms with Crippen LogP contribution in [-0.2, 0) is 0 Å². The van der Waals surface area contributed by atoms with E-state index in [1.54, 1.807) is 29.5 Å². The number of rotatable bonds is 6. The van der Waals surface area contributed by atoms with E-state index >= 15 is 0 Å². The Hall–Kier alpha value is -2.08. The molecule has 1 atom stereocenters. The van der Waals surface area contributed by atoms with Crippen molar-refractivity contribution in [3.05, 3.63) is 50.7 Å². The molecule has 0 spiro atoms. The molecule has 0 fully saturated rings. The Bertz CT molecular complexity index is 611. The largest absolute Gasteiger partial charge is 0.484 e. The topological polar surface area (TPSA) is 64.4 Å². The van der Waals surface area contributed by atoms with Gasteiger partial charge in [0.05, 0.1) is 17.1 Å². The zero-order valence-corrected chi connectivity index (χ0v) is 13.0. The lowest BCUT2D eigenvalue weighted by atomic mass is 10.2. The number of anilines is 1. The molecule has 1 aromatic carbocycles. The second kappa shape index (κ2) is 6.58. The fourth-order valence-electron chi connectivity index (χ4n) is 2.02. The van der Waals surface area contributed by atoms with Crippen molar-refractivity contribution in [3.63, 3.8) is 0 Å². The number of benzene rings is 1. The van der Waals surface area contributed by atoms with Crippen LogP contribution in [0.5, 0.6) is 5.75 Å². The molecule has 1 N–H and O–H groups in total. The van der Waals surface area contributed by atoms with E-state index < -0.39 is 4.92 Å². The molecule has 0 amide bonds. The van der Waals surface area contributed by atoms with Gasteiger partial charge in [0, 0.05) is 4.88 Å². The molecule has 21 heavy (non-hydrogen) atoms. The average Bonchev–Trinajstić information content (AvgIpc) is 2.91. The van der Waals surface area contributed by atoms with E-state index in [2.05, 4.69) is 5.32 Å². The zero-order valence-electron chi connectivity index (χ0n) is 12.2. The number of hydrogen-bond acceptors (Lipinski definition) is 5. The summed E-state index contributed by atoms with van der Waals surface area (Å²) in [4.78, 5) is 12.1. The van der Waals surface area contributed by atoms with Crippen LogP contribution in [0.4, 0.5) is 11.4 Å². The Balaban J connectivity index is 2.32. The van der Waals surface area contributed by atoms with Crippen LogP contribution in [0.2, 0.25) is 0 Å². The SMILES string of the molecule is CC(C)Oc1cccc(NC(C)c2cccs2)c1[N+](=O)[O-]. The highest BCUT2D eigenvalue weighted by atomic mass is 32.1. The second-order valence-electron chi connectivity index (χ2n) is 4.96. The maximum atomic E-state index is 11.4. The monoisotopic (exact) mass is 306 g/mol. The maximum Gasteiger partial charge on any atom is 0.333 e. The van der Waals surface area contributed by atoms with Crippen LogP contribution in [0.3, 0.4) is 0 Å². The Morgan fingerprint density at radius 2 is 2.00 bits per heavy atom. The van der Waals surface area contributed by atoms with Gasteiger partial charge in [0.15, 0.2) is 5.75 Å². The minimum atomic E-state index is -0.402. The van der Waals surface area contributed by atoms with E-state index in [9.17, 15) is 10.1 Å². The van der Waals surface area contributed by atoms with Gasteiger partial charge in [-0.3, -0.25) is 10.1 Å². The number of hydrogen-bond donors (Lipinski definition) is 1. The highest BCUT2D eigenvalue weighted by Gasteiger charge is 2.23. The number of para-hydroxylation sites is 1. The molecule has 0 radical (unpaired) electrons. The second-order valence-corrected chi connectivity index (χ2v) is 5.94. The van der Waals surface area contributed by atoms with Gasteiger partial charge in [-0.05, 0) is 44.4 Å². The van der Waals surface area contributed by atoms with Gasteiger partial charge in [0.25, 0.3) is 0 Å². The van der Waals surface area contributed by atoms with E-state index in [4.69, 9.17) is 4.74 Å². The highest BCUT2D eigenvalue weighted by Crippen LogP contribution is 2.37. The fourth-order valence-corrected chi connectivity index (χ4v) is 2.75. The summed E-state index contributed by atoms with van der Waals surface area (Å²) < 4.78 is 5.54. The van der Waals surface area contributed by atoms with E-state index in [-0.39, 0.29) is 17.8 Å². The van der Waals surface area contributed by atoms with Crippen LogP contribution < -0.4 is 10.1 Å². The summed E-state index contributed by atoms with van der Waals surface area (Å²) in [5, 5.41) is 16.6. The van der Waals surface area contributed by atoms with E-state index in [0.29, 0.717) is 11.4 Å². The average molecular weight is 306 g/mol. The normalized spacial score (nSPS) is 12.2. The van der Waals surface area contributed by atoms with Crippen LogP contribution in [0.25, 0.3) is 0 Å². The van der Waals surface area contributed by atoms with E-state index in [1.807, 2.05) is 38.3 Å². The van der Waals surface area contributed by atoms with Crippen molar-refractivity contribution in [3.8, 4) is 5.75 Å². The molecule has 6 heteroatoms. The first-order chi connectivity index (χ1) is 9.99. The van der Waals surface area contributed by atoms with Crippen LogP contribution in [0.1, 0.15) is 31.7 Å². The molecular formula is C15H18N2O3S. The zero-order chi connectivity index (χ0) is 15.4. The molecule has 0 saturated carbocycles. The van der Waals surface area contributed by atoms with Crippen molar-refractivity contribution < 1.29 is 9.66 Å². The summed E-state index contributed by atoms with van der Waals surface area (Å²) >= 11 is 1.62. The van der Waals surface area contributed by atoms with Gasteiger partial charge in [-0.25, -0.2) is 0 Å². The third kappa shape index (κ3) is 3.72. The Labute approximate surface area is 127 Å². The molecule has 1 aromatic heterocycles. The van der Waals surface area contributed by atoms with Crippen molar-refractivity contribution in [2.24, 2.45) is 0 Å². The standard InChI is InChI=1S/C15H18N2O3S/c1-10(2)20-13-7-4-6-12(15(13)17(18)19)16-11(3)14-8-5-9-21-14/h4-11,16H,1-3H3. The third-order valence-corrected chi connectivity index (χ3v) is 3.94. The smallest absolute Gasteiger partial charge is 0.333 e. The fraction of sp³-hybridized carbons (Fsp3) is 0.333. The number of nitro groups is 1. The van der Waals surface area contributed by atoms with Gasteiger partial charge in [-0.15, -0.1) is 11.3 Å². The van der Waals surface area contributed by atoms with Crippen LogP contribution in [0.15, 0.2) is 35.7 Å². The lowest BCUT2D eigenvalue weighted by molar-refractivity contribution is -0.385. The number of nitro benzene ring substituents is 1. The maximum absolute atomic E-state index is 11.4. The quantitative estimate of drug-likeness (QED) is 0.625. The summed E-state index contributed by atoms with van der Waals surface area (Å²) in [6, 6.07) is 9.05. The number of nitrogens with zero attached hydrogens (tertiary/aromatic N) is 1. The van der Waals surface area contributed by atoms with Crippen molar-refractivity contribution in [1.82, 2.24) is 0 Å². The van der Waals surface area contributed by atoms with Crippen molar-refractivity contribution in [2.75, 3.05) is 5.32 Å². The predicted octanol–water partition coefficient (Wildman–Crippen LogP) is 4.62. The molecule has 0 aliphatic heterocycles. The molecule has 2 aromatic rings. The van der Waals surface area contributed by atoms with E-state index in [1.165, 1.54) is 0 Å². The molecule has 0 saturated heterocycles. The molecule has 1 heterocycles. The predicted molar refractivity (Wildman–Crippen MR) is 85.2 cm³/mol. The van der Waals surface area contributed by atoms with Crippen LogP contribution in [-0.4, -0.2) is 11.0 Å². The van der Waals surface area contributed by atoms with Crippen LogP contribution >= 0.6 is 11.3 Å². The van der Waals surface area contributed by atoms with E-state index in [0.717, 1.165) is 4.88 Å². The van der Waals surface area contributed by atoms with Gasteiger partial charge in [0.2, 0.25) is 0 Å². The minimum absolute atomic E-state index is 0.00185. The first-order valence-electron chi connectivity index (χ1n) is 6.73. The molecular weight excluding hydrogens is 288 g/mol. The Kier molecular flexibility index (Phi) is 4.80. The summed E-state index contributed by atoms with van der Waals surface area (Å²) in [6.45, 7) is 5.67. The number of thiophene rings is 1. The summed E-state index contributed by atoms with van der Waals surface area (Å²) in [6.07, 6.45) is -0.117. The van der Waals surface area contributed by atoms with Gasteiger partial charge in [0.1, 0.15) is 5.69 Å². The van der Waals surface area contributed by atoms with Crippen LogP contribution in [0, 0.1) is 10.1 Å². The lowest BCUT2D eigenvalue weighted by Gasteiger charge is -2.16. The lowest BCUT2D eigenvalue weighted by Crippen LogP contribution is -2.10. The van der Waals surface area contributed by atoms with Crippen molar-refractivity contribution >= 4 is 22.7 Å². The molecule has 2 rings (SSSR count). The molecule has 0 aliphatic carbocycles. The summed E-state index contributed by atoms with van der Waals surface area (Å²) in [5.74, 6) is 0.290. The van der Waals surface area contributed by atoms with Gasteiger partial charge in [-0.1, -0.05) is 12.1 Å². The number of nitrogens with one attached hydrogen (secondary N) is 1. The summed E-state index contributed by atoms with van der Waals surface area (Å²) in [7, 11) is 0. The minimum Gasteiger partial charge on any atom is -0.484 e. The molecule has 112 valence electrons. The Morgan fingerprint density at radius 3 is 2.57 bits per heavy atom. The first kappa shape index (κ1) is 15.3. The third-order valence-electron chi connectivity index (χ3n) is 2.89. The molecule has 0 aliphatic rings. The molecule has 5 nitrogen and oxygen atoms in total. The molecule has 0 bridgehead atoms. The Morgan fingerprint density at radius 1 is 1.24 bits per heavy atom. The van der Waals surface area contributed by atoms with Gasteiger partial charge in [-0.2, -0.15) is 0 Å².